The van der Waals surface area contributed by atoms with Crippen LogP contribution in [0.1, 0.15) is 5.56 Å². The number of aromatic amines is 1. The highest BCUT2D eigenvalue weighted by molar-refractivity contribution is 7.89. The van der Waals surface area contributed by atoms with Crippen molar-refractivity contribution in [3.63, 3.8) is 0 Å². The first-order valence-corrected chi connectivity index (χ1v) is 10.3. The second-order valence-corrected chi connectivity index (χ2v) is 8.81. The summed E-state index contributed by atoms with van der Waals surface area (Å²) >= 11 is 0. The molecule has 0 bridgehead atoms. The molecule has 0 atom stereocenters. The van der Waals surface area contributed by atoms with Gasteiger partial charge in [0.25, 0.3) is 0 Å². The Labute approximate surface area is 167 Å². The third-order valence-electron chi connectivity index (χ3n) is 4.58. The van der Waals surface area contributed by atoms with Crippen LogP contribution in [0.4, 0.5) is 5.82 Å². The van der Waals surface area contributed by atoms with Crippen LogP contribution in [-0.4, -0.2) is 47.4 Å². The van der Waals surface area contributed by atoms with Gasteiger partial charge in [0.15, 0.2) is 0 Å². The summed E-state index contributed by atoms with van der Waals surface area (Å²) < 4.78 is 27.1. The fourth-order valence-electron chi connectivity index (χ4n) is 3.14. The molecule has 1 amide bonds. The minimum absolute atomic E-state index is 0.0872. The molecule has 0 aliphatic carbocycles. The van der Waals surface area contributed by atoms with Crippen molar-refractivity contribution in [2.24, 2.45) is 0 Å². The zero-order valence-corrected chi connectivity index (χ0v) is 16.7. The molecule has 2 N–H and O–H groups in total. The summed E-state index contributed by atoms with van der Waals surface area (Å²) in [7, 11) is -2.53. The number of hydrogen-bond donors (Lipinski definition) is 2. The molecule has 2 aromatic carbocycles. The van der Waals surface area contributed by atoms with Crippen molar-refractivity contribution in [1.29, 1.82) is 0 Å². The Morgan fingerprint density at radius 1 is 1.14 bits per heavy atom. The Hall–Kier alpha value is -3.30. The van der Waals surface area contributed by atoms with Gasteiger partial charge < -0.3 is 5.32 Å². The number of para-hydroxylation sites is 1. The number of benzene rings is 2. The number of aryl methyl sites for hydroxylation is 1. The van der Waals surface area contributed by atoms with Gasteiger partial charge in [-0.1, -0.05) is 18.2 Å². The Morgan fingerprint density at radius 2 is 1.93 bits per heavy atom. The quantitative estimate of drug-likeness (QED) is 0.527. The number of hydrogen-bond acceptors (Lipinski definition) is 5. The lowest BCUT2D eigenvalue weighted by atomic mass is 10.2. The van der Waals surface area contributed by atoms with Gasteiger partial charge in [0.2, 0.25) is 15.9 Å². The number of aromatic nitrogens is 3. The minimum atomic E-state index is -3.90. The first-order valence-electron chi connectivity index (χ1n) is 8.90. The third-order valence-corrected chi connectivity index (χ3v) is 6.40. The monoisotopic (exact) mass is 409 g/mol. The van der Waals surface area contributed by atoms with Gasteiger partial charge in [-0.15, -0.1) is 0 Å². The van der Waals surface area contributed by atoms with E-state index in [0.717, 1.165) is 20.8 Å². The van der Waals surface area contributed by atoms with Crippen molar-refractivity contribution in [1.82, 2.24) is 19.5 Å². The van der Waals surface area contributed by atoms with Crippen LogP contribution in [0.15, 0.2) is 59.6 Å². The number of fused-ring (bicyclic) bond motifs is 2. The van der Waals surface area contributed by atoms with Crippen LogP contribution in [-0.2, 0) is 14.8 Å². The maximum Gasteiger partial charge on any atom is 0.245 e. The highest BCUT2D eigenvalue weighted by atomic mass is 32.2. The van der Waals surface area contributed by atoms with Gasteiger partial charge in [-0.05, 0) is 42.8 Å². The molecule has 0 spiro atoms. The maximum atomic E-state index is 13.0. The molecule has 8 nitrogen and oxygen atoms in total. The van der Waals surface area contributed by atoms with E-state index >= 15 is 0 Å². The number of carbonyl (C=O) groups excluding carboxylic acids is 1. The van der Waals surface area contributed by atoms with E-state index in [4.69, 9.17) is 0 Å². The number of likely N-dealkylation sites (N-methyl/N-ethyl adjacent to an activating group) is 1. The molecule has 0 aliphatic heterocycles. The number of H-pyrrole nitrogens is 1. The molecule has 0 saturated carbocycles. The third kappa shape index (κ3) is 3.69. The van der Waals surface area contributed by atoms with Crippen molar-refractivity contribution >= 4 is 43.6 Å². The lowest BCUT2D eigenvalue weighted by molar-refractivity contribution is -0.116. The number of sulfonamides is 1. The maximum absolute atomic E-state index is 13.0. The summed E-state index contributed by atoms with van der Waals surface area (Å²) in [5.74, 6) is -0.113. The van der Waals surface area contributed by atoms with Crippen molar-refractivity contribution in [2.45, 2.75) is 11.8 Å². The predicted molar refractivity (Wildman–Crippen MR) is 111 cm³/mol. The zero-order valence-electron chi connectivity index (χ0n) is 15.9. The van der Waals surface area contributed by atoms with Crippen LogP contribution in [0.2, 0.25) is 0 Å². The van der Waals surface area contributed by atoms with E-state index in [9.17, 15) is 13.2 Å². The lowest BCUT2D eigenvalue weighted by Crippen LogP contribution is -2.35. The fraction of sp³-hybridized carbons (Fsp3) is 0.150. The van der Waals surface area contributed by atoms with Gasteiger partial charge in [0, 0.05) is 17.8 Å². The molecule has 0 saturated heterocycles. The van der Waals surface area contributed by atoms with E-state index in [1.54, 1.807) is 18.3 Å². The molecule has 148 valence electrons. The fourth-order valence-corrected chi connectivity index (χ4v) is 4.52. The van der Waals surface area contributed by atoms with Crippen molar-refractivity contribution in [2.75, 3.05) is 18.9 Å². The number of carbonyl (C=O) groups is 1. The summed E-state index contributed by atoms with van der Waals surface area (Å²) in [5, 5.41) is 10.9. The summed E-state index contributed by atoms with van der Waals surface area (Å²) in [4.78, 5) is 16.9. The predicted octanol–water partition coefficient (Wildman–Crippen LogP) is 2.68. The first-order chi connectivity index (χ1) is 13.8. The summed E-state index contributed by atoms with van der Waals surface area (Å²) in [6, 6.07) is 14.5. The zero-order chi connectivity index (χ0) is 20.6. The highest BCUT2D eigenvalue weighted by Gasteiger charge is 2.26. The highest BCUT2D eigenvalue weighted by Crippen LogP contribution is 2.25. The summed E-state index contributed by atoms with van der Waals surface area (Å²) in [6.45, 7) is 1.46. The number of nitrogens with zero attached hydrogens (tertiary/aromatic N) is 3. The van der Waals surface area contributed by atoms with Crippen LogP contribution in [0, 0.1) is 6.92 Å². The molecule has 4 rings (SSSR count). The van der Waals surface area contributed by atoms with E-state index in [-0.39, 0.29) is 11.4 Å². The number of anilines is 1. The molecule has 0 fully saturated rings. The second-order valence-electron chi connectivity index (χ2n) is 6.80. The summed E-state index contributed by atoms with van der Waals surface area (Å²) in [6.07, 6.45) is 1.57. The van der Waals surface area contributed by atoms with E-state index in [2.05, 4.69) is 20.5 Å². The second kappa shape index (κ2) is 7.26. The van der Waals surface area contributed by atoms with Crippen LogP contribution >= 0.6 is 0 Å². The van der Waals surface area contributed by atoms with Gasteiger partial charge in [-0.25, -0.2) is 13.4 Å². The van der Waals surface area contributed by atoms with Crippen molar-refractivity contribution < 1.29 is 13.2 Å². The average Bonchev–Trinajstić information content (AvgIpc) is 3.15. The lowest BCUT2D eigenvalue weighted by Gasteiger charge is -2.17. The number of nitrogens with one attached hydrogen (secondary N) is 2. The Bertz CT molecular complexity index is 1330. The first kappa shape index (κ1) is 19.0. The van der Waals surface area contributed by atoms with Gasteiger partial charge in [-0.2, -0.15) is 9.40 Å². The molecule has 0 aliphatic rings. The Morgan fingerprint density at radius 3 is 2.76 bits per heavy atom. The smallest absolute Gasteiger partial charge is 0.245 e. The summed E-state index contributed by atoms with van der Waals surface area (Å²) in [5.41, 5.74) is 1.95. The standard InChI is InChI=1S/C20H19N5O3S/c1-13-9-15-11-21-24-20(15)17(10-13)29(27,28)25(2)12-19(26)23-18-8-7-14-5-3-4-6-16(14)22-18/h3-11H,12H2,1-2H3,(H,21,24)(H,22,23,26). The largest absolute Gasteiger partial charge is 0.310 e. The SMILES string of the molecule is Cc1cc(S(=O)(=O)N(C)CC(=O)Nc2ccc3ccccc3n2)c2[nH]ncc2c1. The Kier molecular flexibility index (Phi) is 4.77. The molecule has 2 heterocycles. The topological polar surface area (TPSA) is 108 Å². The number of pyridine rings is 1. The normalized spacial score (nSPS) is 12.0. The average molecular weight is 409 g/mol. The molecule has 0 unspecified atom stereocenters. The Balaban J connectivity index is 1.54. The van der Waals surface area contributed by atoms with E-state index < -0.39 is 15.9 Å². The van der Waals surface area contributed by atoms with E-state index in [1.807, 2.05) is 43.3 Å². The van der Waals surface area contributed by atoms with Gasteiger partial charge in [0.1, 0.15) is 10.7 Å². The van der Waals surface area contributed by atoms with Gasteiger partial charge in [0.05, 0.1) is 23.8 Å². The molecular weight excluding hydrogens is 390 g/mol. The van der Waals surface area contributed by atoms with Crippen LogP contribution in [0.3, 0.4) is 0 Å². The van der Waals surface area contributed by atoms with Crippen LogP contribution in [0.25, 0.3) is 21.8 Å². The van der Waals surface area contributed by atoms with E-state index in [0.29, 0.717) is 16.7 Å². The molecule has 29 heavy (non-hydrogen) atoms. The van der Waals surface area contributed by atoms with Gasteiger partial charge >= 0.3 is 0 Å². The minimum Gasteiger partial charge on any atom is -0.310 e. The number of rotatable bonds is 5. The molecule has 9 heteroatoms. The van der Waals surface area contributed by atoms with Crippen molar-refractivity contribution in [3.05, 3.63) is 60.3 Å². The van der Waals surface area contributed by atoms with Gasteiger partial charge in [-0.3, -0.25) is 9.89 Å². The number of amides is 1. The molecule has 0 radical (unpaired) electrons. The van der Waals surface area contributed by atoms with E-state index in [1.165, 1.54) is 7.05 Å². The molecule has 4 aromatic rings. The van der Waals surface area contributed by atoms with Crippen LogP contribution < -0.4 is 5.32 Å². The molecular formula is C20H19N5O3S. The van der Waals surface area contributed by atoms with Crippen LogP contribution in [0.5, 0.6) is 0 Å². The molecule has 2 aromatic heterocycles. The van der Waals surface area contributed by atoms with Crippen molar-refractivity contribution in [3.8, 4) is 0 Å².